The van der Waals surface area contributed by atoms with E-state index in [1.807, 2.05) is 13.8 Å². The molecule has 1 aromatic heterocycles. The third-order valence-electron chi connectivity index (χ3n) is 5.98. The normalized spacial score (nSPS) is 18.0. The first-order chi connectivity index (χ1) is 14.2. The third kappa shape index (κ3) is 4.89. The number of ether oxygens (including phenoxy) is 3. The predicted octanol–water partition coefficient (Wildman–Crippen LogP) is 5.23. The molecule has 0 spiro atoms. The summed E-state index contributed by atoms with van der Waals surface area (Å²) in [5.74, 6) is 2.91. The van der Waals surface area contributed by atoms with Crippen molar-refractivity contribution in [3.63, 3.8) is 0 Å². The Bertz CT molecular complexity index is 890. The standard InChI is InChI=1S/C25H36N2O3/c1-8-28-11-12-29-23-18(4)19(5)24-21(20(23)6)9-10-25(7,30-24)15-26-22-14-16(2)13-17(3)27-22/h13-14H,8-12,15H2,1-7H3,(H,26,27). The summed E-state index contributed by atoms with van der Waals surface area (Å²) in [7, 11) is 0. The molecule has 0 bridgehead atoms. The minimum Gasteiger partial charge on any atom is -0.491 e. The average molecular weight is 413 g/mol. The summed E-state index contributed by atoms with van der Waals surface area (Å²) >= 11 is 0. The molecular weight excluding hydrogens is 376 g/mol. The van der Waals surface area contributed by atoms with E-state index in [2.05, 4.69) is 57.1 Å². The zero-order valence-electron chi connectivity index (χ0n) is 19.6. The summed E-state index contributed by atoms with van der Waals surface area (Å²) < 4.78 is 18.1. The molecule has 0 fully saturated rings. The number of nitrogens with zero attached hydrogens (tertiary/aromatic N) is 1. The molecule has 2 aromatic rings. The molecule has 0 saturated heterocycles. The molecule has 0 aliphatic carbocycles. The molecule has 0 radical (unpaired) electrons. The zero-order chi connectivity index (χ0) is 21.9. The fourth-order valence-electron chi connectivity index (χ4n) is 4.18. The topological polar surface area (TPSA) is 52.6 Å². The van der Waals surface area contributed by atoms with Gasteiger partial charge in [0.15, 0.2) is 0 Å². The van der Waals surface area contributed by atoms with Gasteiger partial charge in [-0.3, -0.25) is 0 Å². The van der Waals surface area contributed by atoms with E-state index in [1.165, 1.54) is 16.7 Å². The van der Waals surface area contributed by atoms with Gasteiger partial charge >= 0.3 is 0 Å². The molecule has 164 valence electrons. The highest BCUT2D eigenvalue weighted by Gasteiger charge is 2.34. The van der Waals surface area contributed by atoms with Crippen LogP contribution in [0.15, 0.2) is 12.1 Å². The minimum atomic E-state index is -0.284. The van der Waals surface area contributed by atoms with Crippen LogP contribution in [0.4, 0.5) is 5.82 Å². The van der Waals surface area contributed by atoms with Gasteiger partial charge in [0.25, 0.3) is 0 Å². The Kier molecular flexibility index (Phi) is 6.91. The van der Waals surface area contributed by atoms with Gasteiger partial charge in [0.05, 0.1) is 13.2 Å². The van der Waals surface area contributed by atoms with E-state index in [9.17, 15) is 0 Å². The minimum absolute atomic E-state index is 0.284. The van der Waals surface area contributed by atoms with Crippen molar-refractivity contribution in [1.29, 1.82) is 0 Å². The number of fused-ring (bicyclic) bond motifs is 1. The zero-order valence-corrected chi connectivity index (χ0v) is 19.6. The van der Waals surface area contributed by atoms with E-state index >= 15 is 0 Å². The highest BCUT2D eigenvalue weighted by atomic mass is 16.5. The second kappa shape index (κ2) is 9.25. The highest BCUT2D eigenvalue weighted by Crippen LogP contribution is 2.43. The van der Waals surface area contributed by atoms with Crippen LogP contribution < -0.4 is 14.8 Å². The molecule has 1 N–H and O–H groups in total. The maximum Gasteiger partial charge on any atom is 0.127 e. The van der Waals surface area contributed by atoms with Gasteiger partial charge in [0, 0.05) is 17.9 Å². The van der Waals surface area contributed by atoms with Crippen molar-refractivity contribution >= 4 is 5.82 Å². The van der Waals surface area contributed by atoms with Crippen LogP contribution in [0.25, 0.3) is 0 Å². The summed E-state index contributed by atoms with van der Waals surface area (Å²) in [4.78, 5) is 4.60. The first-order valence-corrected chi connectivity index (χ1v) is 11.0. The van der Waals surface area contributed by atoms with E-state index in [1.54, 1.807) is 0 Å². The van der Waals surface area contributed by atoms with Crippen LogP contribution in [0.2, 0.25) is 0 Å². The summed E-state index contributed by atoms with van der Waals surface area (Å²) in [5, 5.41) is 3.49. The predicted molar refractivity (Wildman–Crippen MR) is 122 cm³/mol. The molecule has 1 aliphatic rings. The molecule has 1 aromatic carbocycles. The van der Waals surface area contributed by atoms with Crippen molar-refractivity contribution in [3.05, 3.63) is 45.6 Å². The largest absolute Gasteiger partial charge is 0.491 e. The first-order valence-electron chi connectivity index (χ1n) is 11.0. The molecule has 0 saturated carbocycles. The number of nitrogens with one attached hydrogen (secondary N) is 1. The van der Waals surface area contributed by atoms with Crippen molar-refractivity contribution in [3.8, 4) is 11.5 Å². The lowest BCUT2D eigenvalue weighted by Crippen LogP contribution is -2.43. The van der Waals surface area contributed by atoms with Crippen molar-refractivity contribution in [2.24, 2.45) is 0 Å². The SMILES string of the molecule is CCOCCOc1c(C)c(C)c2c(c1C)CCC(C)(CNc1cc(C)cc(C)n1)O2. The molecule has 0 amide bonds. The van der Waals surface area contributed by atoms with Gasteiger partial charge in [0.1, 0.15) is 29.5 Å². The molecule has 1 atom stereocenters. The first kappa shape index (κ1) is 22.4. The monoisotopic (exact) mass is 412 g/mol. The second-order valence-electron chi connectivity index (χ2n) is 8.63. The summed E-state index contributed by atoms with van der Waals surface area (Å²) in [6.07, 6.45) is 1.92. The van der Waals surface area contributed by atoms with E-state index in [4.69, 9.17) is 14.2 Å². The van der Waals surface area contributed by atoms with Gasteiger partial charge in [-0.2, -0.15) is 0 Å². The number of anilines is 1. The van der Waals surface area contributed by atoms with E-state index in [0.29, 0.717) is 26.4 Å². The van der Waals surface area contributed by atoms with Crippen LogP contribution in [0.5, 0.6) is 11.5 Å². The Labute approximate surface area is 181 Å². The number of aromatic nitrogens is 1. The van der Waals surface area contributed by atoms with Gasteiger partial charge in [0.2, 0.25) is 0 Å². The molecule has 1 unspecified atom stereocenters. The van der Waals surface area contributed by atoms with Crippen molar-refractivity contribution < 1.29 is 14.2 Å². The number of pyridine rings is 1. The van der Waals surface area contributed by atoms with Gasteiger partial charge in [-0.05, 0) is 95.7 Å². The molecule has 5 heteroatoms. The van der Waals surface area contributed by atoms with Crippen LogP contribution >= 0.6 is 0 Å². The Balaban J connectivity index is 1.77. The van der Waals surface area contributed by atoms with Gasteiger partial charge in [-0.25, -0.2) is 4.98 Å². The fraction of sp³-hybridized carbons (Fsp3) is 0.560. The fourth-order valence-corrected chi connectivity index (χ4v) is 4.18. The molecule has 3 rings (SSSR count). The molecule has 1 aliphatic heterocycles. The lowest BCUT2D eigenvalue weighted by Gasteiger charge is -2.38. The van der Waals surface area contributed by atoms with E-state index in [-0.39, 0.29) is 5.60 Å². The van der Waals surface area contributed by atoms with Gasteiger partial charge in [-0.1, -0.05) is 0 Å². The highest BCUT2D eigenvalue weighted by molar-refractivity contribution is 5.59. The van der Waals surface area contributed by atoms with Gasteiger partial charge in [-0.15, -0.1) is 0 Å². The van der Waals surface area contributed by atoms with Crippen molar-refractivity contribution in [2.75, 3.05) is 31.7 Å². The third-order valence-corrected chi connectivity index (χ3v) is 5.98. The van der Waals surface area contributed by atoms with Crippen molar-refractivity contribution in [1.82, 2.24) is 4.98 Å². The molecule has 5 nitrogen and oxygen atoms in total. The maximum absolute atomic E-state index is 6.62. The number of benzene rings is 1. The Morgan fingerprint density at radius 1 is 1.07 bits per heavy atom. The Morgan fingerprint density at radius 3 is 2.53 bits per heavy atom. The second-order valence-corrected chi connectivity index (χ2v) is 8.63. The van der Waals surface area contributed by atoms with Crippen LogP contribution in [-0.4, -0.2) is 37.0 Å². The number of rotatable bonds is 8. The summed E-state index contributed by atoms with van der Waals surface area (Å²) in [5.41, 5.74) is 6.73. The smallest absolute Gasteiger partial charge is 0.127 e. The lowest BCUT2D eigenvalue weighted by atomic mass is 9.87. The van der Waals surface area contributed by atoms with Crippen LogP contribution in [0, 0.1) is 34.6 Å². The molecular formula is C25H36N2O3. The Hall–Kier alpha value is -2.27. The number of hydrogen-bond acceptors (Lipinski definition) is 5. The quantitative estimate of drug-likeness (QED) is 0.601. The summed E-state index contributed by atoms with van der Waals surface area (Å²) in [6, 6.07) is 4.17. The number of hydrogen-bond donors (Lipinski definition) is 1. The molecule has 2 heterocycles. The van der Waals surface area contributed by atoms with E-state index in [0.717, 1.165) is 47.0 Å². The summed E-state index contributed by atoms with van der Waals surface area (Å²) in [6.45, 7) is 17.3. The van der Waals surface area contributed by atoms with Crippen LogP contribution in [-0.2, 0) is 11.2 Å². The van der Waals surface area contributed by atoms with Crippen LogP contribution in [0.1, 0.15) is 53.8 Å². The maximum atomic E-state index is 6.62. The van der Waals surface area contributed by atoms with Crippen molar-refractivity contribution in [2.45, 2.75) is 66.9 Å². The van der Waals surface area contributed by atoms with Crippen LogP contribution in [0.3, 0.4) is 0 Å². The molecule has 30 heavy (non-hydrogen) atoms. The van der Waals surface area contributed by atoms with Gasteiger partial charge < -0.3 is 19.5 Å². The average Bonchev–Trinajstić information content (AvgIpc) is 2.69. The van der Waals surface area contributed by atoms with E-state index < -0.39 is 0 Å². The number of aryl methyl sites for hydroxylation is 2. The Morgan fingerprint density at radius 2 is 1.83 bits per heavy atom. The lowest BCUT2D eigenvalue weighted by molar-refractivity contribution is 0.0762.